The number of carbonyl (C=O) groups excluding carboxylic acids is 1. The number of hydrogen-bond donors (Lipinski definition) is 0. The molecule has 1 atom stereocenters. The molecule has 1 aliphatic rings. The number of rotatable bonds is 5. The highest BCUT2D eigenvalue weighted by atomic mass is 16.5. The van der Waals surface area contributed by atoms with Crippen LogP contribution in [0.1, 0.15) is 49.8 Å². The number of aryl methyl sites for hydroxylation is 1. The largest absolute Gasteiger partial charge is 0.464 e. The van der Waals surface area contributed by atoms with E-state index in [2.05, 4.69) is 56.3 Å². The van der Waals surface area contributed by atoms with Gasteiger partial charge in [-0.15, -0.1) is 0 Å². The number of hydrogen-bond acceptors (Lipinski definition) is 2. The number of ether oxygens (including phenoxy) is 1. The van der Waals surface area contributed by atoms with Crippen LogP contribution in [-0.2, 0) is 14.9 Å². The van der Waals surface area contributed by atoms with Crippen LogP contribution in [0.2, 0.25) is 0 Å². The molecule has 0 heterocycles. The van der Waals surface area contributed by atoms with Crippen molar-refractivity contribution in [3.63, 3.8) is 0 Å². The second-order valence-corrected chi connectivity index (χ2v) is 6.39. The average Bonchev–Trinajstić information content (AvgIpc) is 2.85. The van der Waals surface area contributed by atoms with Gasteiger partial charge in [0.15, 0.2) is 0 Å². The lowest BCUT2D eigenvalue weighted by Gasteiger charge is -2.30. The number of carbonyl (C=O) groups is 1. The zero-order valence-corrected chi connectivity index (χ0v) is 14.2. The lowest BCUT2D eigenvalue weighted by atomic mass is 9.76. The molecule has 0 spiro atoms. The minimum Gasteiger partial charge on any atom is -0.464 e. The first-order chi connectivity index (χ1) is 11.1. The molecule has 0 saturated carbocycles. The molecule has 23 heavy (non-hydrogen) atoms. The summed E-state index contributed by atoms with van der Waals surface area (Å²) >= 11 is 0. The highest BCUT2D eigenvalue weighted by molar-refractivity contribution is 5.83. The lowest BCUT2D eigenvalue weighted by Crippen LogP contribution is -2.31. The maximum Gasteiger partial charge on any atom is 0.305 e. The second-order valence-electron chi connectivity index (χ2n) is 6.39. The molecule has 0 saturated heterocycles. The Hall–Kier alpha value is -2.09. The number of esters is 1. The molecule has 1 unspecified atom stereocenters. The van der Waals surface area contributed by atoms with Gasteiger partial charge in [0.25, 0.3) is 0 Å². The first-order valence-corrected chi connectivity index (χ1v) is 8.49. The molecule has 1 aliphatic carbocycles. The Morgan fingerprint density at radius 3 is 2.52 bits per heavy atom. The van der Waals surface area contributed by atoms with Crippen LogP contribution >= 0.6 is 0 Å². The standard InChI is InChI=1S/C21H24O2/c1-4-9-19(22)23-14-21(5-2)17-12-7-6-11-16(17)20-15(3)10-8-13-18(20)21/h6-8,10-13H,4-5,9,14H2,1-3H3. The van der Waals surface area contributed by atoms with E-state index in [1.165, 1.54) is 27.8 Å². The molecule has 0 amide bonds. The normalized spacial score (nSPS) is 18.4. The van der Waals surface area contributed by atoms with Crippen molar-refractivity contribution in [2.75, 3.05) is 6.61 Å². The van der Waals surface area contributed by atoms with E-state index in [0.717, 1.165) is 12.8 Å². The van der Waals surface area contributed by atoms with Crippen molar-refractivity contribution in [1.82, 2.24) is 0 Å². The third-order valence-electron chi connectivity index (χ3n) is 5.04. The van der Waals surface area contributed by atoms with Crippen molar-refractivity contribution in [1.29, 1.82) is 0 Å². The Kier molecular flexibility index (Phi) is 4.25. The second kappa shape index (κ2) is 6.19. The van der Waals surface area contributed by atoms with E-state index in [9.17, 15) is 4.79 Å². The summed E-state index contributed by atoms with van der Waals surface area (Å²) in [6.45, 7) is 6.77. The molecule has 2 heteroatoms. The van der Waals surface area contributed by atoms with E-state index >= 15 is 0 Å². The summed E-state index contributed by atoms with van der Waals surface area (Å²) in [6, 6.07) is 15.0. The van der Waals surface area contributed by atoms with E-state index in [1.807, 2.05) is 6.92 Å². The van der Waals surface area contributed by atoms with Crippen LogP contribution < -0.4 is 0 Å². The zero-order valence-electron chi connectivity index (χ0n) is 14.2. The van der Waals surface area contributed by atoms with Gasteiger partial charge >= 0.3 is 5.97 Å². The van der Waals surface area contributed by atoms with E-state index in [0.29, 0.717) is 13.0 Å². The van der Waals surface area contributed by atoms with Crippen molar-refractivity contribution < 1.29 is 9.53 Å². The summed E-state index contributed by atoms with van der Waals surface area (Å²) in [5.41, 5.74) is 6.25. The van der Waals surface area contributed by atoms with Gasteiger partial charge in [-0.25, -0.2) is 0 Å². The summed E-state index contributed by atoms with van der Waals surface area (Å²) in [5.74, 6) is -0.0982. The lowest BCUT2D eigenvalue weighted by molar-refractivity contribution is -0.145. The SMILES string of the molecule is CCCC(=O)OCC1(CC)c2ccccc2-c2c(C)cccc21. The topological polar surface area (TPSA) is 26.3 Å². The van der Waals surface area contributed by atoms with Crippen molar-refractivity contribution in [2.45, 2.75) is 45.4 Å². The molecule has 3 rings (SSSR count). The fraction of sp³-hybridized carbons (Fsp3) is 0.381. The monoisotopic (exact) mass is 308 g/mol. The van der Waals surface area contributed by atoms with Crippen LogP contribution in [-0.4, -0.2) is 12.6 Å². The smallest absolute Gasteiger partial charge is 0.305 e. The Bertz CT molecular complexity index is 732. The quantitative estimate of drug-likeness (QED) is 0.725. The van der Waals surface area contributed by atoms with Gasteiger partial charge < -0.3 is 4.74 Å². The molecule has 0 bridgehead atoms. The number of fused-ring (bicyclic) bond motifs is 3. The first kappa shape index (κ1) is 15.8. The predicted molar refractivity (Wildman–Crippen MR) is 93.6 cm³/mol. The van der Waals surface area contributed by atoms with Crippen LogP contribution in [0.25, 0.3) is 11.1 Å². The van der Waals surface area contributed by atoms with Gasteiger partial charge in [0.1, 0.15) is 6.61 Å². The van der Waals surface area contributed by atoms with Gasteiger partial charge in [0.05, 0.1) is 5.41 Å². The molecule has 0 aromatic heterocycles. The van der Waals surface area contributed by atoms with Crippen molar-refractivity contribution >= 4 is 5.97 Å². The fourth-order valence-electron chi connectivity index (χ4n) is 3.81. The van der Waals surface area contributed by atoms with Crippen molar-refractivity contribution in [3.05, 3.63) is 59.2 Å². The third-order valence-corrected chi connectivity index (χ3v) is 5.04. The molecule has 2 nitrogen and oxygen atoms in total. The predicted octanol–water partition coefficient (Wildman–Crippen LogP) is 5.01. The van der Waals surface area contributed by atoms with Gasteiger partial charge in [-0.05, 0) is 47.6 Å². The third kappa shape index (κ3) is 2.46. The van der Waals surface area contributed by atoms with Crippen LogP contribution in [0, 0.1) is 6.92 Å². The average molecular weight is 308 g/mol. The number of benzene rings is 2. The van der Waals surface area contributed by atoms with Gasteiger partial charge in [0.2, 0.25) is 0 Å². The molecular formula is C21H24O2. The molecule has 120 valence electrons. The van der Waals surface area contributed by atoms with Gasteiger partial charge in [-0.1, -0.05) is 56.3 Å². The van der Waals surface area contributed by atoms with E-state index in [-0.39, 0.29) is 11.4 Å². The first-order valence-electron chi connectivity index (χ1n) is 8.49. The summed E-state index contributed by atoms with van der Waals surface area (Å²) in [6.07, 6.45) is 2.23. The summed E-state index contributed by atoms with van der Waals surface area (Å²) in [7, 11) is 0. The molecule has 0 radical (unpaired) electrons. The highest BCUT2D eigenvalue weighted by Gasteiger charge is 2.43. The molecule has 0 N–H and O–H groups in total. The van der Waals surface area contributed by atoms with Crippen LogP contribution in [0.15, 0.2) is 42.5 Å². The molecule has 0 aliphatic heterocycles. The zero-order chi connectivity index (χ0) is 16.4. The van der Waals surface area contributed by atoms with Crippen LogP contribution in [0.3, 0.4) is 0 Å². The van der Waals surface area contributed by atoms with E-state index in [4.69, 9.17) is 4.74 Å². The summed E-state index contributed by atoms with van der Waals surface area (Å²) < 4.78 is 5.68. The van der Waals surface area contributed by atoms with E-state index in [1.54, 1.807) is 0 Å². The molecule has 2 aromatic carbocycles. The van der Waals surface area contributed by atoms with Gasteiger partial charge in [-0.2, -0.15) is 0 Å². The fourth-order valence-corrected chi connectivity index (χ4v) is 3.81. The highest BCUT2D eigenvalue weighted by Crippen LogP contribution is 2.51. The minimum absolute atomic E-state index is 0.0982. The van der Waals surface area contributed by atoms with Crippen LogP contribution in [0.4, 0.5) is 0 Å². The van der Waals surface area contributed by atoms with Gasteiger partial charge in [-0.3, -0.25) is 4.79 Å². The Labute approximate surface area is 138 Å². The summed E-state index contributed by atoms with van der Waals surface area (Å²) in [4.78, 5) is 11.9. The molecule has 0 fully saturated rings. The van der Waals surface area contributed by atoms with Gasteiger partial charge in [0, 0.05) is 6.42 Å². The maximum absolute atomic E-state index is 11.9. The minimum atomic E-state index is -0.221. The Morgan fingerprint density at radius 1 is 1.04 bits per heavy atom. The Balaban J connectivity index is 2.10. The molecular weight excluding hydrogens is 284 g/mol. The van der Waals surface area contributed by atoms with Crippen molar-refractivity contribution in [3.8, 4) is 11.1 Å². The maximum atomic E-state index is 11.9. The van der Waals surface area contributed by atoms with Crippen LogP contribution in [0.5, 0.6) is 0 Å². The van der Waals surface area contributed by atoms with Crippen molar-refractivity contribution in [2.24, 2.45) is 0 Å². The summed E-state index contributed by atoms with van der Waals surface area (Å²) in [5, 5.41) is 0. The Morgan fingerprint density at radius 2 is 1.78 bits per heavy atom. The van der Waals surface area contributed by atoms with E-state index < -0.39 is 0 Å². The molecule has 2 aromatic rings.